The van der Waals surface area contributed by atoms with E-state index >= 15 is 0 Å². The van der Waals surface area contributed by atoms with Crippen molar-refractivity contribution in [2.75, 3.05) is 27.2 Å². The van der Waals surface area contributed by atoms with Crippen LogP contribution in [0.1, 0.15) is 106 Å². The van der Waals surface area contributed by atoms with Crippen LogP contribution < -0.4 is 10.6 Å². The second-order valence-electron chi connectivity index (χ2n) is 22.0. The van der Waals surface area contributed by atoms with E-state index < -0.39 is 141 Å². The maximum absolute atomic E-state index is 12.7. The van der Waals surface area contributed by atoms with Gasteiger partial charge in [0.25, 0.3) is 0 Å². The molecular formula is C55H91N3O17S. The van der Waals surface area contributed by atoms with Crippen molar-refractivity contribution >= 4 is 29.3 Å². The molecule has 0 radical (unpaired) electrons. The summed E-state index contributed by atoms with van der Waals surface area (Å²) in [6.07, 6.45) is 1.89. The highest BCUT2D eigenvalue weighted by molar-refractivity contribution is 7.80. The molecule has 434 valence electrons. The Balaban J connectivity index is 1.90. The van der Waals surface area contributed by atoms with Crippen LogP contribution in [0.25, 0.3) is 0 Å². The molecule has 76 heavy (non-hydrogen) atoms. The molecule has 3 aliphatic heterocycles. The lowest BCUT2D eigenvalue weighted by molar-refractivity contribution is -0.310. The van der Waals surface area contributed by atoms with Crippen LogP contribution >= 0.6 is 12.2 Å². The van der Waals surface area contributed by atoms with Crippen LogP contribution in [0.2, 0.25) is 0 Å². The summed E-state index contributed by atoms with van der Waals surface area (Å²) in [6.45, 7) is 12.2. The van der Waals surface area contributed by atoms with Crippen LogP contribution in [-0.2, 0) is 28.5 Å². The van der Waals surface area contributed by atoms with Gasteiger partial charge < -0.3 is 90.7 Å². The number of aliphatic hydroxyl groups is 10. The summed E-state index contributed by atoms with van der Waals surface area (Å²) in [5, 5.41) is 128. The number of carboxylic acid groups (broad SMARTS) is 1. The molecule has 21 heteroatoms. The molecule has 3 aliphatic rings. The lowest BCUT2D eigenvalue weighted by atomic mass is 9.82. The van der Waals surface area contributed by atoms with E-state index in [0.29, 0.717) is 6.54 Å². The predicted molar refractivity (Wildman–Crippen MR) is 289 cm³/mol. The Morgan fingerprint density at radius 3 is 2.00 bits per heavy atom. The fourth-order valence-corrected chi connectivity index (χ4v) is 9.89. The number of aliphatic hydroxyl groups excluding tert-OH is 9. The van der Waals surface area contributed by atoms with Crippen molar-refractivity contribution in [2.45, 2.75) is 203 Å². The molecule has 0 aliphatic carbocycles. The molecule has 0 aromatic heterocycles. The van der Waals surface area contributed by atoms with Gasteiger partial charge in [-0.2, -0.15) is 0 Å². The summed E-state index contributed by atoms with van der Waals surface area (Å²) in [4.78, 5) is 27.5. The van der Waals surface area contributed by atoms with Gasteiger partial charge in [-0.15, -0.1) is 0 Å². The SMILES string of the molecule is C[C@@H]1[C@H](O)[C@@H](C)/C=C/C=C/CC/C=C/C=C/C=C/C=C/[C@H](O[C@H]2O[C@H](C)[C@@H](O)[C@H](NC(=S)NCC(C)(C)CN(C)C)[C@@H]2O)C[C@@H]2O[C@](O)(C[C@@H](O)[C@H](O)CC[C@@H](O)C[C@@H](O)C[C@@H](O)CC(=O)O[C@H]1C)C[C@H](O)[C@H]2C(=O)O. The second-order valence-corrected chi connectivity index (χ2v) is 22.4. The van der Waals surface area contributed by atoms with E-state index in [1.165, 1.54) is 0 Å². The maximum Gasteiger partial charge on any atom is 0.311 e. The average molecular weight is 1100 g/mol. The van der Waals surface area contributed by atoms with Crippen molar-refractivity contribution in [1.29, 1.82) is 0 Å². The molecule has 3 heterocycles. The first-order valence-electron chi connectivity index (χ1n) is 26.6. The van der Waals surface area contributed by atoms with E-state index in [-0.39, 0.29) is 48.5 Å². The summed E-state index contributed by atoms with van der Waals surface area (Å²) in [6, 6.07) is -1.09. The van der Waals surface area contributed by atoms with E-state index in [0.717, 1.165) is 19.4 Å². The number of hydrogen-bond acceptors (Lipinski definition) is 18. The minimum absolute atomic E-state index is 0.147. The molecule has 2 saturated heterocycles. The first kappa shape index (κ1) is 66.8. The van der Waals surface area contributed by atoms with Gasteiger partial charge in [0, 0.05) is 44.2 Å². The summed E-state index contributed by atoms with van der Waals surface area (Å²) in [5.74, 6) is -6.91. The molecule has 2 fully saturated rings. The van der Waals surface area contributed by atoms with E-state index in [4.69, 9.17) is 31.2 Å². The minimum Gasteiger partial charge on any atom is -0.481 e. The Morgan fingerprint density at radius 2 is 1.36 bits per heavy atom. The molecule has 0 saturated carbocycles. The van der Waals surface area contributed by atoms with Crippen LogP contribution in [-0.4, -0.2) is 203 Å². The van der Waals surface area contributed by atoms with Gasteiger partial charge in [-0.25, -0.2) is 0 Å². The number of esters is 1. The fourth-order valence-electron chi connectivity index (χ4n) is 9.68. The molecule has 2 bridgehead atoms. The first-order valence-corrected chi connectivity index (χ1v) is 27.0. The van der Waals surface area contributed by atoms with E-state index in [9.17, 15) is 65.8 Å². The molecule has 0 amide bonds. The Labute approximate surface area is 454 Å². The third kappa shape index (κ3) is 23.5. The predicted octanol–water partition coefficient (Wildman–Crippen LogP) is 2.03. The van der Waals surface area contributed by atoms with Crippen molar-refractivity contribution in [3.05, 3.63) is 72.9 Å². The molecule has 0 aromatic carbocycles. The fraction of sp³-hybridized carbons (Fsp3) is 0.727. The van der Waals surface area contributed by atoms with Gasteiger partial charge in [0.1, 0.15) is 24.2 Å². The quantitative estimate of drug-likeness (QED) is 0.122. The average Bonchev–Trinajstić information content (AvgIpc) is 3.31. The Hall–Kier alpha value is -3.49. The number of nitrogens with zero attached hydrogens (tertiary/aromatic N) is 1. The smallest absolute Gasteiger partial charge is 0.311 e. The normalized spacial score (nSPS) is 40.6. The largest absolute Gasteiger partial charge is 0.481 e. The van der Waals surface area contributed by atoms with Crippen LogP contribution in [0.5, 0.6) is 0 Å². The van der Waals surface area contributed by atoms with Gasteiger partial charge in [0.15, 0.2) is 17.2 Å². The van der Waals surface area contributed by atoms with E-state index in [1.807, 2.05) is 68.5 Å². The van der Waals surface area contributed by atoms with Gasteiger partial charge in [-0.05, 0) is 84.1 Å². The zero-order valence-corrected chi connectivity index (χ0v) is 46.3. The molecule has 19 atom stereocenters. The zero-order chi connectivity index (χ0) is 56.9. The molecule has 13 N–H and O–H groups in total. The van der Waals surface area contributed by atoms with Crippen molar-refractivity contribution in [1.82, 2.24) is 15.5 Å². The topological polar surface area (TPSA) is 321 Å². The number of carbonyl (C=O) groups is 2. The number of rotatable bonds is 8. The van der Waals surface area contributed by atoms with Gasteiger partial charge in [-0.1, -0.05) is 101 Å². The standard InChI is InChI=1S/C55H91N3O17S/c1-33-21-19-17-15-13-11-9-10-12-14-16-18-20-22-40(74-52-50(68)47(49(67)36(4)73-52)57-53(76)56-31-54(5,6)32-58(7)8)28-44-46(51(69)70)43(64)30-55(71,75-44)29-42(63)41(62)24-23-37(59)25-38(60)26-39(61)27-45(65)72-35(3)34(2)48(33)66/h9-10,12,14-22,33-44,46-50,52,59-64,66-68,71H,11,13,23-32H2,1-8H3,(H,69,70)(H2,56,57,76)/b10-9+,14-12+,17-15+,18-16+,21-19+,22-20+/t33-,34-,35-,36+,37+,38+,39+,40-,41+,42+,43-,44-,46+,47-,48+,49+,50-,52+,55+/m0/s1. The lowest BCUT2D eigenvalue weighted by Gasteiger charge is -2.45. The highest BCUT2D eigenvalue weighted by Crippen LogP contribution is 2.38. The minimum atomic E-state index is -2.38. The number of nitrogens with one attached hydrogen (secondary N) is 2. The van der Waals surface area contributed by atoms with Crippen LogP contribution in [0.4, 0.5) is 0 Å². The molecule has 0 spiro atoms. The van der Waals surface area contributed by atoms with Crippen LogP contribution in [0, 0.1) is 23.2 Å². The number of carboxylic acids is 1. The van der Waals surface area contributed by atoms with Crippen molar-refractivity contribution in [2.24, 2.45) is 23.2 Å². The van der Waals surface area contributed by atoms with Crippen LogP contribution in [0.15, 0.2) is 72.9 Å². The molecule has 20 nitrogen and oxygen atoms in total. The molecule has 3 rings (SSSR count). The molecule has 0 aromatic rings. The number of cyclic esters (lactones) is 1. The van der Waals surface area contributed by atoms with Gasteiger partial charge in [-0.3, -0.25) is 9.59 Å². The first-order chi connectivity index (χ1) is 35.6. The third-order valence-electron chi connectivity index (χ3n) is 14.0. The number of thiocarbonyl (C=S) groups is 1. The summed E-state index contributed by atoms with van der Waals surface area (Å²) in [5.41, 5.74) is -0.193. The van der Waals surface area contributed by atoms with Gasteiger partial charge in [0.2, 0.25) is 0 Å². The number of carbonyl (C=O) groups excluding carboxylic acids is 1. The Morgan fingerprint density at radius 1 is 0.763 bits per heavy atom. The summed E-state index contributed by atoms with van der Waals surface area (Å²) >= 11 is 5.57. The number of fused-ring (bicyclic) bond motifs is 2. The maximum atomic E-state index is 12.7. The lowest BCUT2D eigenvalue weighted by Crippen LogP contribution is -2.65. The Kier molecular flexibility index (Phi) is 28.6. The monoisotopic (exact) mass is 1100 g/mol. The summed E-state index contributed by atoms with van der Waals surface area (Å²) in [7, 11) is 3.92. The highest BCUT2D eigenvalue weighted by Gasteiger charge is 2.51. The van der Waals surface area contributed by atoms with Crippen molar-refractivity contribution < 1.29 is 84.7 Å². The number of ether oxygens (including phenoxy) is 4. The number of aliphatic carboxylic acids is 1. The number of allylic oxidation sites excluding steroid dienone is 10. The van der Waals surface area contributed by atoms with E-state index in [1.54, 1.807) is 51.2 Å². The third-order valence-corrected chi connectivity index (χ3v) is 14.2. The van der Waals surface area contributed by atoms with Gasteiger partial charge >= 0.3 is 11.9 Å². The Bertz CT molecular complexity index is 1950. The summed E-state index contributed by atoms with van der Waals surface area (Å²) < 4.78 is 23.8. The van der Waals surface area contributed by atoms with Crippen molar-refractivity contribution in [3.63, 3.8) is 0 Å². The van der Waals surface area contributed by atoms with E-state index in [2.05, 4.69) is 24.5 Å². The second kappa shape index (κ2) is 32.6. The molecule has 0 unspecified atom stereocenters. The highest BCUT2D eigenvalue weighted by atomic mass is 32.1. The van der Waals surface area contributed by atoms with Crippen LogP contribution in [0.3, 0.4) is 0 Å². The molecular weight excluding hydrogens is 1010 g/mol. The van der Waals surface area contributed by atoms with Gasteiger partial charge in [0.05, 0.1) is 73.5 Å². The zero-order valence-electron chi connectivity index (χ0n) is 45.5. The van der Waals surface area contributed by atoms with Crippen molar-refractivity contribution in [3.8, 4) is 0 Å². The number of hydrogen-bond donors (Lipinski definition) is 13.